The van der Waals surface area contributed by atoms with Gasteiger partial charge in [0.2, 0.25) is 0 Å². The minimum Gasteiger partial charge on any atom is -0.390 e. The molecule has 1 N–H and O–H groups in total. The number of rotatable bonds is 5. The number of aliphatic hydroxyl groups excluding tert-OH is 1. The Bertz CT molecular complexity index is 353. The van der Waals surface area contributed by atoms with E-state index in [2.05, 4.69) is 19.1 Å². The molecule has 2 rings (SSSR count). The number of thiophene rings is 1. The van der Waals surface area contributed by atoms with Crippen molar-refractivity contribution in [1.29, 1.82) is 0 Å². The molecule has 1 heterocycles. The summed E-state index contributed by atoms with van der Waals surface area (Å²) in [7, 11) is 1.74. The summed E-state index contributed by atoms with van der Waals surface area (Å²) in [5.74, 6) is 0. The molecule has 0 bridgehead atoms. The lowest BCUT2D eigenvalue weighted by Crippen LogP contribution is -2.42. The molecule has 2 nitrogen and oxygen atoms in total. The highest BCUT2D eigenvalue weighted by molar-refractivity contribution is 7.11. The maximum Gasteiger partial charge on any atom is 0.0939 e. The van der Waals surface area contributed by atoms with Crippen LogP contribution in [0.5, 0.6) is 0 Å². The van der Waals surface area contributed by atoms with Gasteiger partial charge in [-0.3, -0.25) is 0 Å². The van der Waals surface area contributed by atoms with E-state index in [9.17, 15) is 5.11 Å². The van der Waals surface area contributed by atoms with Crippen molar-refractivity contribution in [3.05, 3.63) is 21.9 Å². The summed E-state index contributed by atoms with van der Waals surface area (Å²) in [4.78, 5) is 2.67. The van der Waals surface area contributed by atoms with E-state index in [4.69, 9.17) is 4.74 Å². The van der Waals surface area contributed by atoms with Gasteiger partial charge in [-0.05, 0) is 31.4 Å². The quantitative estimate of drug-likeness (QED) is 0.874. The van der Waals surface area contributed by atoms with Crippen LogP contribution in [0.3, 0.4) is 0 Å². The maximum atomic E-state index is 10.4. The molecule has 0 amide bonds. The van der Waals surface area contributed by atoms with Gasteiger partial charge in [-0.2, -0.15) is 0 Å². The highest BCUT2D eigenvalue weighted by atomic mass is 32.1. The standard InChI is InChI=1S/C14H22O2S/c1-3-11-6-7-12(17-11)10-13(15)14(16-2)8-4-5-9-14/h6-7,13,15H,3-5,8-10H2,1-2H3. The first-order valence-corrected chi connectivity index (χ1v) is 7.32. The van der Waals surface area contributed by atoms with Crippen LogP contribution in [0.4, 0.5) is 0 Å². The highest BCUT2D eigenvalue weighted by Gasteiger charge is 2.40. The Hall–Kier alpha value is -0.380. The third kappa shape index (κ3) is 2.72. The summed E-state index contributed by atoms with van der Waals surface area (Å²) in [5, 5.41) is 10.4. The Balaban J connectivity index is 2.02. The predicted molar refractivity (Wildman–Crippen MR) is 71.6 cm³/mol. The molecule has 0 radical (unpaired) electrons. The first-order chi connectivity index (χ1) is 8.20. The number of aliphatic hydroxyl groups is 1. The fourth-order valence-corrected chi connectivity index (χ4v) is 3.74. The van der Waals surface area contributed by atoms with Crippen LogP contribution in [-0.4, -0.2) is 23.9 Å². The van der Waals surface area contributed by atoms with E-state index < -0.39 is 0 Å². The lowest BCUT2D eigenvalue weighted by Gasteiger charge is -2.32. The molecule has 96 valence electrons. The van der Waals surface area contributed by atoms with E-state index in [0.717, 1.165) is 25.7 Å². The van der Waals surface area contributed by atoms with Crippen molar-refractivity contribution in [2.75, 3.05) is 7.11 Å². The second-order valence-electron chi connectivity index (χ2n) is 4.92. The van der Waals surface area contributed by atoms with E-state index in [1.165, 1.54) is 22.6 Å². The second-order valence-corrected chi connectivity index (χ2v) is 6.17. The Morgan fingerprint density at radius 3 is 2.53 bits per heavy atom. The molecule has 0 aromatic carbocycles. The van der Waals surface area contributed by atoms with Crippen LogP contribution in [0.1, 0.15) is 42.4 Å². The Morgan fingerprint density at radius 2 is 2.00 bits per heavy atom. The Morgan fingerprint density at radius 1 is 1.35 bits per heavy atom. The molecule has 0 saturated heterocycles. The first-order valence-electron chi connectivity index (χ1n) is 6.51. The number of aryl methyl sites for hydroxylation is 1. The van der Waals surface area contributed by atoms with E-state index >= 15 is 0 Å². The fraction of sp³-hybridized carbons (Fsp3) is 0.714. The topological polar surface area (TPSA) is 29.5 Å². The fourth-order valence-electron chi connectivity index (χ4n) is 2.75. The molecule has 3 heteroatoms. The van der Waals surface area contributed by atoms with Crippen LogP contribution in [0, 0.1) is 0 Å². The molecule has 0 spiro atoms. The van der Waals surface area contributed by atoms with E-state index in [0.29, 0.717) is 0 Å². The summed E-state index contributed by atoms with van der Waals surface area (Å²) in [6.45, 7) is 2.17. The zero-order chi connectivity index (χ0) is 12.3. The third-order valence-electron chi connectivity index (χ3n) is 3.92. The molecule has 1 unspecified atom stereocenters. The highest BCUT2D eigenvalue weighted by Crippen LogP contribution is 2.37. The Labute approximate surface area is 108 Å². The zero-order valence-electron chi connectivity index (χ0n) is 10.7. The summed E-state index contributed by atoms with van der Waals surface area (Å²) >= 11 is 1.81. The third-order valence-corrected chi connectivity index (χ3v) is 5.18. The van der Waals surface area contributed by atoms with E-state index in [1.54, 1.807) is 7.11 Å². The molecule has 1 fully saturated rings. The Kier molecular flexibility index (Phi) is 4.23. The van der Waals surface area contributed by atoms with Gasteiger partial charge in [-0.25, -0.2) is 0 Å². The summed E-state index contributed by atoms with van der Waals surface area (Å²) in [6.07, 6.45) is 5.80. The monoisotopic (exact) mass is 254 g/mol. The summed E-state index contributed by atoms with van der Waals surface area (Å²) in [5.41, 5.74) is -0.281. The molecule has 0 aliphatic heterocycles. The first kappa shape index (κ1) is 13.1. The van der Waals surface area contributed by atoms with Crippen LogP contribution in [-0.2, 0) is 17.6 Å². The minimum absolute atomic E-state index is 0.281. The van der Waals surface area contributed by atoms with Gasteiger partial charge >= 0.3 is 0 Å². The van der Waals surface area contributed by atoms with Gasteiger partial charge < -0.3 is 9.84 Å². The smallest absolute Gasteiger partial charge is 0.0939 e. The molecule has 1 aliphatic rings. The van der Waals surface area contributed by atoms with Crippen molar-refractivity contribution in [3.8, 4) is 0 Å². The minimum atomic E-state index is -0.363. The van der Waals surface area contributed by atoms with Crippen LogP contribution in [0.2, 0.25) is 0 Å². The van der Waals surface area contributed by atoms with Crippen molar-refractivity contribution < 1.29 is 9.84 Å². The van der Waals surface area contributed by atoms with Crippen LogP contribution in [0.15, 0.2) is 12.1 Å². The van der Waals surface area contributed by atoms with Crippen molar-refractivity contribution >= 4 is 11.3 Å². The second kappa shape index (κ2) is 5.51. The van der Waals surface area contributed by atoms with E-state index in [1.807, 2.05) is 11.3 Å². The van der Waals surface area contributed by atoms with Gasteiger partial charge in [0.15, 0.2) is 0 Å². The van der Waals surface area contributed by atoms with Gasteiger partial charge in [0.05, 0.1) is 11.7 Å². The average molecular weight is 254 g/mol. The number of hydrogen-bond donors (Lipinski definition) is 1. The van der Waals surface area contributed by atoms with Crippen molar-refractivity contribution in [1.82, 2.24) is 0 Å². The van der Waals surface area contributed by atoms with Gasteiger partial charge in [-0.15, -0.1) is 11.3 Å². The molecular weight excluding hydrogens is 232 g/mol. The molecular formula is C14H22O2S. The lowest BCUT2D eigenvalue weighted by molar-refractivity contribution is -0.0968. The largest absolute Gasteiger partial charge is 0.390 e. The van der Waals surface area contributed by atoms with Crippen molar-refractivity contribution in [2.45, 2.75) is 57.2 Å². The number of hydrogen-bond acceptors (Lipinski definition) is 3. The SMILES string of the molecule is CCc1ccc(CC(O)C2(OC)CCCC2)s1. The van der Waals surface area contributed by atoms with Gasteiger partial charge in [0, 0.05) is 23.3 Å². The molecule has 1 saturated carbocycles. The molecule has 17 heavy (non-hydrogen) atoms. The van der Waals surface area contributed by atoms with Gasteiger partial charge in [0.1, 0.15) is 0 Å². The number of methoxy groups -OCH3 is 1. The average Bonchev–Trinajstić information content (AvgIpc) is 2.97. The van der Waals surface area contributed by atoms with Crippen LogP contribution >= 0.6 is 11.3 Å². The van der Waals surface area contributed by atoms with Crippen LogP contribution in [0.25, 0.3) is 0 Å². The predicted octanol–water partition coefficient (Wildman–Crippen LogP) is 3.17. The zero-order valence-corrected chi connectivity index (χ0v) is 11.6. The summed E-state index contributed by atoms with van der Waals surface area (Å²) < 4.78 is 5.62. The van der Waals surface area contributed by atoms with Crippen molar-refractivity contribution in [2.24, 2.45) is 0 Å². The number of ether oxygens (including phenoxy) is 1. The van der Waals surface area contributed by atoms with Gasteiger partial charge in [-0.1, -0.05) is 19.8 Å². The molecule has 1 aromatic rings. The van der Waals surface area contributed by atoms with Gasteiger partial charge in [0.25, 0.3) is 0 Å². The van der Waals surface area contributed by atoms with Crippen molar-refractivity contribution in [3.63, 3.8) is 0 Å². The van der Waals surface area contributed by atoms with Crippen LogP contribution < -0.4 is 0 Å². The summed E-state index contributed by atoms with van der Waals surface area (Å²) in [6, 6.07) is 4.31. The molecule has 1 aliphatic carbocycles. The maximum absolute atomic E-state index is 10.4. The van der Waals surface area contributed by atoms with E-state index in [-0.39, 0.29) is 11.7 Å². The lowest BCUT2D eigenvalue weighted by atomic mass is 9.92. The molecule has 1 atom stereocenters. The normalized spacial score (nSPS) is 20.6. The molecule has 1 aromatic heterocycles.